The van der Waals surface area contributed by atoms with E-state index in [0.717, 1.165) is 51.4 Å². The fraction of sp³-hybridized carbons (Fsp3) is 0.625. The average molecular weight is 281 g/mol. The topological polar surface area (TPSA) is 18.5 Å². The van der Waals surface area contributed by atoms with Crippen LogP contribution in [0, 0.1) is 5.82 Å². The lowest BCUT2D eigenvalue weighted by Gasteiger charge is -2.20. The highest BCUT2D eigenvalue weighted by molar-refractivity contribution is 5.15. The van der Waals surface area contributed by atoms with Crippen LogP contribution in [-0.4, -0.2) is 56.1 Å². The normalized spacial score (nSPS) is 11.5. The molecule has 4 heteroatoms. The van der Waals surface area contributed by atoms with Gasteiger partial charge >= 0.3 is 0 Å². The van der Waals surface area contributed by atoms with Gasteiger partial charge in [-0.2, -0.15) is 0 Å². The van der Waals surface area contributed by atoms with Crippen molar-refractivity contribution in [2.24, 2.45) is 0 Å². The molecule has 0 aliphatic carbocycles. The molecule has 0 fully saturated rings. The summed E-state index contributed by atoms with van der Waals surface area (Å²) in [7, 11) is 2.07. The Morgan fingerprint density at radius 3 is 2.45 bits per heavy atom. The van der Waals surface area contributed by atoms with Crippen molar-refractivity contribution < 1.29 is 4.39 Å². The molecule has 0 bridgehead atoms. The molecule has 0 aliphatic heterocycles. The van der Waals surface area contributed by atoms with Gasteiger partial charge in [-0.25, -0.2) is 4.39 Å². The van der Waals surface area contributed by atoms with Crippen molar-refractivity contribution in [3.05, 3.63) is 35.6 Å². The van der Waals surface area contributed by atoms with Crippen molar-refractivity contribution in [2.45, 2.75) is 20.4 Å². The van der Waals surface area contributed by atoms with Gasteiger partial charge in [0.05, 0.1) is 0 Å². The fourth-order valence-electron chi connectivity index (χ4n) is 2.20. The number of benzene rings is 1. The minimum atomic E-state index is -0.159. The van der Waals surface area contributed by atoms with Crippen molar-refractivity contribution in [1.29, 1.82) is 0 Å². The highest BCUT2D eigenvalue weighted by Gasteiger charge is 2.02. The number of nitrogens with one attached hydrogen (secondary N) is 1. The molecule has 0 aromatic heterocycles. The molecule has 0 spiro atoms. The molecule has 0 amide bonds. The summed E-state index contributed by atoms with van der Waals surface area (Å²) in [5.74, 6) is -0.159. The maximum atomic E-state index is 13.1. The molecule has 0 radical (unpaired) electrons. The zero-order valence-corrected chi connectivity index (χ0v) is 13.0. The number of hydrogen-bond donors (Lipinski definition) is 1. The smallest absolute Gasteiger partial charge is 0.123 e. The molecular weight excluding hydrogens is 253 g/mol. The van der Waals surface area contributed by atoms with Gasteiger partial charge in [0.2, 0.25) is 0 Å². The Labute approximate surface area is 122 Å². The van der Waals surface area contributed by atoms with Crippen LogP contribution < -0.4 is 5.32 Å². The van der Waals surface area contributed by atoms with Gasteiger partial charge in [-0.15, -0.1) is 0 Å². The summed E-state index contributed by atoms with van der Waals surface area (Å²) in [6.07, 6.45) is 0. The lowest BCUT2D eigenvalue weighted by atomic mass is 10.2. The summed E-state index contributed by atoms with van der Waals surface area (Å²) >= 11 is 0. The number of halogens is 1. The van der Waals surface area contributed by atoms with Crippen molar-refractivity contribution in [2.75, 3.05) is 46.3 Å². The van der Waals surface area contributed by atoms with Crippen molar-refractivity contribution in [3.8, 4) is 0 Å². The fourth-order valence-corrected chi connectivity index (χ4v) is 2.20. The molecule has 1 aromatic rings. The quantitative estimate of drug-likeness (QED) is 0.663. The molecule has 0 atom stereocenters. The molecule has 20 heavy (non-hydrogen) atoms. The minimum absolute atomic E-state index is 0.159. The van der Waals surface area contributed by atoms with Crippen LogP contribution in [-0.2, 0) is 6.54 Å². The lowest BCUT2D eigenvalue weighted by molar-refractivity contribution is 0.291. The number of likely N-dealkylation sites (N-methyl/N-ethyl adjacent to an activating group) is 2. The minimum Gasteiger partial charge on any atom is -0.314 e. The Kier molecular flexibility index (Phi) is 8.42. The third kappa shape index (κ3) is 6.98. The van der Waals surface area contributed by atoms with Crippen LogP contribution in [0.15, 0.2) is 24.3 Å². The summed E-state index contributed by atoms with van der Waals surface area (Å²) in [6, 6.07) is 6.82. The first-order valence-electron chi connectivity index (χ1n) is 7.51. The van der Waals surface area contributed by atoms with Crippen molar-refractivity contribution in [1.82, 2.24) is 15.1 Å². The second kappa shape index (κ2) is 9.86. The zero-order chi connectivity index (χ0) is 14.8. The summed E-state index contributed by atoms with van der Waals surface area (Å²) in [4.78, 5) is 4.61. The number of nitrogens with zero attached hydrogens (tertiary/aromatic N) is 2. The van der Waals surface area contributed by atoms with Gasteiger partial charge in [0.25, 0.3) is 0 Å². The molecule has 114 valence electrons. The predicted molar refractivity (Wildman–Crippen MR) is 83.4 cm³/mol. The van der Waals surface area contributed by atoms with Crippen LogP contribution in [0.1, 0.15) is 19.4 Å². The third-order valence-electron chi connectivity index (χ3n) is 3.51. The molecule has 1 rings (SSSR count). The first-order valence-corrected chi connectivity index (χ1v) is 7.51. The molecule has 3 nitrogen and oxygen atoms in total. The van der Waals surface area contributed by atoms with Gasteiger partial charge in [-0.3, -0.25) is 0 Å². The zero-order valence-electron chi connectivity index (χ0n) is 13.0. The van der Waals surface area contributed by atoms with E-state index in [1.54, 1.807) is 12.1 Å². The van der Waals surface area contributed by atoms with Crippen LogP contribution in [0.4, 0.5) is 4.39 Å². The van der Waals surface area contributed by atoms with Gasteiger partial charge in [-0.1, -0.05) is 26.0 Å². The molecular formula is C16H28FN3. The van der Waals surface area contributed by atoms with E-state index in [9.17, 15) is 4.39 Å². The summed E-state index contributed by atoms with van der Waals surface area (Å²) in [6.45, 7) is 11.4. The molecule has 1 aromatic carbocycles. The molecule has 0 saturated carbocycles. The highest BCUT2D eigenvalue weighted by atomic mass is 19.1. The van der Waals surface area contributed by atoms with E-state index in [-0.39, 0.29) is 5.82 Å². The van der Waals surface area contributed by atoms with E-state index in [1.807, 2.05) is 6.07 Å². The third-order valence-corrected chi connectivity index (χ3v) is 3.51. The van der Waals surface area contributed by atoms with E-state index in [0.29, 0.717) is 0 Å². The van der Waals surface area contributed by atoms with Crippen LogP contribution in [0.5, 0.6) is 0 Å². The Morgan fingerprint density at radius 2 is 1.80 bits per heavy atom. The molecule has 0 unspecified atom stereocenters. The molecule has 0 saturated heterocycles. The maximum absolute atomic E-state index is 13.1. The van der Waals surface area contributed by atoms with Crippen LogP contribution in [0.2, 0.25) is 0 Å². The first-order chi connectivity index (χ1) is 9.65. The lowest BCUT2D eigenvalue weighted by Crippen LogP contribution is -2.35. The molecule has 1 N–H and O–H groups in total. The second-order valence-corrected chi connectivity index (χ2v) is 5.14. The van der Waals surface area contributed by atoms with E-state index < -0.39 is 0 Å². The number of rotatable bonds is 10. The highest BCUT2D eigenvalue weighted by Crippen LogP contribution is 2.05. The van der Waals surface area contributed by atoms with E-state index in [4.69, 9.17) is 0 Å². The monoisotopic (exact) mass is 281 g/mol. The van der Waals surface area contributed by atoms with Gasteiger partial charge in [-0.05, 0) is 37.8 Å². The van der Waals surface area contributed by atoms with Crippen molar-refractivity contribution in [3.63, 3.8) is 0 Å². The van der Waals surface area contributed by atoms with Gasteiger partial charge in [0, 0.05) is 32.7 Å². The van der Waals surface area contributed by atoms with Gasteiger partial charge in [0.1, 0.15) is 5.82 Å². The average Bonchev–Trinajstić information content (AvgIpc) is 2.43. The first kappa shape index (κ1) is 17.1. The van der Waals surface area contributed by atoms with E-state index in [2.05, 4.69) is 36.0 Å². The predicted octanol–water partition coefficient (Wildman–Crippen LogP) is 2.19. The Hall–Kier alpha value is -0.970. The Bertz CT molecular complexity index is 366. The standard InChI is InChI=1S/C16H28FN3/c1-4-20(5-2)12-10-18-9-11-19(3)14-15-7-6-8-16(17)13-15/h6-8,13,18H,4-5,9-12,14H2,1-3H3. The second-order valence-electron chi connectivity index (χ2n) is 5.14. The molecule has 0 heterocycles. The van der Waals surface area contributed by atoms with Crippen LogP contribution >= 0.6 is 0 Å². The maximum Gasteiger partial charge on any atom is 0.123 e. The molecule has 0 aliphatic rings. The van der Waals surface area contributed by atoms with Gasteiger partial charge in [0.15, 0.2) is 0 Å². The van der Waals surface area contributed by atoms with E-state index in [1.165, 1.54) is 6.07 Å². The number of hydrogen-bond acceptors (Lipinski definition) is 3. The van der Waals surface area contributed by atoms with Crippen LogP contribution in [0.25, 0.3) is 0 Å². The Balaban J connectivity index is 2.13. The van der Waals surface area contributed by atoms with Crippen molar-refractivity contribution >= 4 is 0 Å². The summed E-state index contributed by atoms with van der Waals surface area (Å²) in [5.41, 5.74) is 1.02. The summed E-state index contributed by atoms with van der Waals surface area (Å²) in [5, 5.41) is 3.46. The van der Waals surface area contributed by atoms with Gasteiger partial charge < -0.3 is 15.1 Å². The van der Waals surface area contributed by atoms with Crippen LogP contribution in [0.3, 0.4) is 0 Å². The SMILES string of the molecule is CCN(CC)CCNCCN(C)Cc1cccc(F)c1. The summed E-state index contributed by atoms with van der Waals surface area (Å²) < 4.78 is 13.1. The largest absolute Gasteiger partial charge is 0.314 e. The van der Waals surface area contributed by atoms with E-state index >= 15 is 0 Å². The Morgan fingerprint density at radius 1 is 1.10 bits per heavy atom.